The highest BCUT2D eigenvalue weighted by atomic mass is 16.7. The second-order valence-electron chi connectivity index (χ2n) is 11.6. The molecular weight excluding hydrogens is 634 g/mol. The largest absolute Gasteiger partial charge is 0.493 e. The first-order valence-electron chi connectivity index (χ1n) is 16.9. The summed E-state index contributed by atoms with van der Waals surface area (Å²) in [5, 5.41) is 5.43. The van der Waals surface area contributed by atoms with Crippen molar-refractivity contribution in [2.45, 2.75) is 77.9 Å². The van der Waals surface area contributed by atoms with Crippen molar-refractivity contribution in [2.24, 2.45) is 5.92 Å². The maximum absolute atomic E-state index is 13.3. The van der Waals surface area contributed by atoms with Crippen LogP contribution in [-0.4, -0.2) is 74.9 Å². The zero-order valence-electron chi connectivity index (χ0n) is 29.5. The minimum absolute atomic E-state index is 0.0393. The Morgan fingerprint density at radius 3 is 2.49 bits per heavy atom. The van der Waals surface area contributed by atoms with Crippen molar-refractivity contribution >= 4 is 35.7 Å². The van der Waals surface area contributed by atoms with Crippen LogP contribution in [0.25, 0.3) is 6.08 Å². The summed E-state index contributed by atoms with van der Waals surface area (Å²) in [7, 11) is 1.51. The molecule has 1 unspecified atom stereocenters. The molecule has 2 aromatic rings. The smallest absolute Gasteiger partial charge is 0.328 e. The van der Waals surface area contributed by atoms with Crippen molar-refractivity contribution in [2.75, 3.05) is 26.9 Å². The molecule has 13 heteroatoms. The molecule has 0 bridgehead atoms. The van der Waals surface area contributed by atoms with Gasteiger partial charge in [-0.2, -0.15) is 0 Å². The molecule has 13 nitrogen and oxygen atoms in total. The van der Waals surface area contributed by atoms with Crippen LogP contribution < -0.4 is 25.4 Å². The minimum Gasteiger partial charge on any atom is -0.493 e. The van der Waals surface area contributed by atoms with Crippen LogP contribution >= 0.6 is 0 Å². The maximum Gasteiger partial charge on any atom is 0.328 e. The Morgan fingerprint density at radius 1 is 1.04 bits per heavy atom. The van der Waals surface area contributed by atoms with E-state index in [9.17, 15) is 24.0 Å². The number of amides is 3. The molecule has 0 aromatic heterocycles. The van der Waals surface area contributed by atoms with E-state index in [0.29, 0.717) is 29.0 Å². The van der Waals surface area contributed by atoms with Crippen molar-refractivity contribution in [1.29, 1.82) is 0 Å². The van der Waals surface area contributed by atoms with Gasteiger partial charge >= 0.3 is 11.9 Å². The minimum atomic E-state index is -1.32. The van der Waals surface area contributed by atoms with Crippen LogP contribution in [0.1, 0.15) is 64.0 Å². The predicted octanol–water partition coefficient (Wildman–Crippen LogP) is 3.44. The summed E-state index contributed by atoms with van der Waals surface area (Å²) in [6.07, 6.45) is 4.89. The quantitative estimate of drug-likeness (QED) is 0.157. The summed E-state index contributed by atoms with van der Waals surface area (Å²) in [6.45, 7) is 5.04. The van der Waals surface area contributed by atoms with Gasteiger partial charge in [-0.1, -0.05) is 50.2 Å². The highest BCUT2D eigenvalue weighted by molar-refractivity contribution is 5.96. The monoisotopic (exact) mass is 682 g/mol. The summed E-state index contributed by atoms with van der Waals surface area (Å²) >= 11 is 0. The van der Waals surface area contributed by atoms with Gasteiger partial charge in [0.1, 0.15) is 18.7 Å². The van der Waals surface area contributed by atoms with E-state index in [4.69, 9.17) is 25.1 Å². The topological polar surface area (TPSA) is 168 Å². The summed E-state index contributed by atoms with van der Waals surface area (Å²) in [5.41, 5.74) is 1.43. The van der Waals surface area contributed by atoms with E-state index in [0.717, 1.165) is 24.8 Å². The number of nitrogens with one attached hydrogen (secondary N) is 3. The van der Waals surface area contributed by atoms with Crippen molar-refractivity contribution in [3.8, 4) is 11.5 Å². The van der Waals surface area contributed by atoms with Gasteiger partial charge < -0.3 is 39.6 Å². The summed E-state index contributed by atoms with van der Waals surface area (Å²) < 4.78 is 35.7. The molecular formula is C36H47N3O10. The van der Waals surface area contributed by atoms with Crippen LogP contribution in [0.15, 0.2) is 54.6 Å². The Morgan fingerprint density at radius 2 is 1.82 bits per heavy atom. The molecule has 0 aliphatic carbocycles. The third-order valence-corrected chi connectivity index (χ3v) is 7.38. The molecule has 1 aliphatic rings. The lowest BCUT2D eigenvalue weighted by Gasteiger charge is -2.24. The number of methoxy groups -OCH3 is 1. The molecule has 3 amide bonds. The van der Waals surface area contributed by atoms with E-state index in [1.807, 2.05) is 18.2 Å². The van der Waals surface area contributed by atoms with Crippen LogP contribution in [0.2, 0.25) is 1.41 Å². The van der Waals surface area contributed by atoms with E-state index in [2.05, 4.69) is 10.6 Å². The first kappa shape index (κ1) is 36.9. The number of esters is 2. The molecule has 0 radical (unpaired) electrons. The Bertz CT molecular complexity index is 1460. The highest BCUT2D eigenvalue weighted by Crippen LogP contribution is 2.31. The number of rotatable bonds is 18. The van der Waals surface area contributed by atoms with Crippen LogP contribution in [-0.2, 0) is 44.8 Å². The van der Waals surface area contributed by atoms with Gasteiger partial charge in [0.15, 0.2) is 19.2 Å². The summed E-state index contributed by atoms with van der Waals surface area (Å²) in [4.78, 5) is 63.8. The lowest BCUT2D eigenvalue weighted by molar-refractivity contribution is -0.149. The van der Waals surface area contributed by atoms with Crippen LogP contribution in [0.5, 0.6) is 11.5 Å². The number of hydrogen-bond donors (Lipinski definition) is 3. The van der Waals surface area contributed by atoms with Gasteiger partial charge in [-0.3, -0.25) is 19.2 Å². The Hall–Kier alpha value is -4.91. The standard InChI is InChI=1S/C36H47N3O10/c1-5-46-36(44)27(16-19-32(42)48-23-26-11-7-6-8-12-26)38-35(43)34(24(2)3)39-31(41)22-37-30(40)18-15-25-14-17-28(29(21-25)45-4)49-33-13-9-10-20-47-33/h6-8,11-12,14-15,17-18,21,24,27,33-34H,5,9-10,13,16,19-20,22-23H2,1-4H3,(H,37,40)(H,38,43)(H,39,41)/b18-15+/t27-,33?,34-/m0/s1/i/hD. The molecule has 1 heterocycles. The maximum atomic E-state index is 13.3. The predicted molar refractivity (Wildman–Crippen MR) is 180 cm³/mol. The van der Waals surface area contributed by atoms with Gasteiger partial charge in [-0.05, 0) is 61.4 Å². The molecule has 1 fully saturated rings. The zero-order valence-corrected chi connectivity index (χ0v) is 28.5. The molecule has 0 spiro atoms. The Balaban J connectivity index is 1.54. The Labute approximate surface area is 288 Å². The third-order valence-electron chi connectivity index (χ3n) is 7.38. The van der Waals surface area contributed by atoms with Gasteiger partial charge in [-0.15, -0.1) is 0 Å². The molecule has 3 N–H and O–H groups in total. The average Bonchev–Trinajstić information content (AvgIpc) is 3.11. The molecule has 2 aromatic carbocycles. The molecule has 1 aliphatic heterocycles. The van der Waals surface area contributed by atoms with E-state index >= 15 is 0 Å². The molecule has 266 valence electrons. The SMILES string of the molecule is [2H]N(C(=O)CNC(=O)/C=C/c1ccc(OC2CCCCO2)c(OC)c1)[C@H](C(=O)N[C@@H](CCC(=O)OCc1ccccc1)C(=O)OCC)C(C)C. The zero-order chi connectivity index (χ0) is 36.5. The number of carbonyl (C=O) groups is 5. The number of carbonyl (C=O) groups excluding carboxylic acids is 5. The van der Waals surface area contributed by atoms with Crippen LogP contribution in [0.4, 0.5) is 0 Å². The van der Waals surface area contributed by atoms with Crippen molar-refractivity contribution in [3.05, 3.63) is 65.7 Å². The van der Waals surface area contributed by atoms with Crippen LogP contribution in [0.3, 0.4) is 0 Å². The lowest BCUT2D eigenvalue weighted by Crippen LogP contribution is -2.55. The second-order valence-corrected chi connectivity index (χ2v) is 11.6. The highest BCUT2D eigenvalue weighted by Gasteiger charge is 2.30. The molecule has 49 heavy (non-hydrogen) atoms. The molecule has 3 atom stereocenters. The lowest BCUT2D eigenvalue weighted by atomic mass is 10.0. The fraction of sp³-hybridized carbons (Fsp3) is 0.472. The molecule has 0 saturated carbocycles. The first-order chi connectivity index (χ1) is 24.0. The third kappa shape index (κ3) is 13.6. The fourth-order valence-electron chi connectivity index (χ4n) is 4.76. The number of hydrogen-bond acceptors (Lipinski definition) is 10. The van der Waals surface area contributed by atoms with Crippen molar-refractivity contribution in [1.82, 2.24) is 15.9 Å². The molecule has 1 saturated heterocycles. The normalized spacial score (nSPS) is 15.8. The van der Waals surface area contributed by atoms with Gasteiger partial charge in [0.25, 0.3) is 0 Å². The first-order valence-corrected chi connectivity index (χ1v) is 16.4. The van der Waals surface area contributed by atoms with Crippen molar-refractivity contribution in [3.63, 3.8) is 0 Å². The Kier molecular flexibility index (Phi) is 15.4. The number of benzene rings is 2. The van der Waals surface area contributed by atoms with Crippen LogP contribution in [0, 0.1) is 5.92 Å². The van der Waals surface area contributed by atoms with Gasteiger partial charge in [0.05, 0.1) is 26.9 Å². The van der Waals surface area contributed by atoms with E-state index < -0.39 is 54.2 Å². The van der Waals surface area contributed by atoms with E-state index in [1.54, 1.807) is 51.1 Å². The second kappa shape index (κ2) is 20.5. The van der Waals surface area contributed by atoms with Gasteiger partial charge in [0.2, 0.25) is 17.7 Å². The van der Waals surface area contributed by atoms with E-state index in [1.165, 1.54) is 19.3 Å². The summed E-state index contributed by atoms with van der Waals surface area (Å²) in [6, 6.07) is 11.7. The average molecular weight is 683 g/mol. The van der Waals surface area contributed by atoms with Gasteiger partial charge in [0, 0.05) is 18.9 Å². The number of ether oxygens (including phenoxy) is 5. The fourth-order valence-corrected chi connectivity index (χ4v) is 4.76. The van der Waals surface area contributed by atoms with E-state index in [-0.39, 0.29) is 32.3 Å². The van der Waals surface area contributed by atoms with Gasteiger partial charge in [-0.25, -0.2) is 4.79 Å². The molecule has 3 rings (SSSR count). The summed E-state index contributed by atoms with van der Waals surface area (Å²) in [5.74, 6) is -3.15. The van der Waals surface area contributed by atoms with Crippen molar-refractivity contribution < 1.29 is 49.1 Å².